The summed E-state index contributed by atoms with van der Waals surface area (Å²) in [6.45, 7) is 11.4. The van der Waals surface area contributed by atoms with Gasteiger partial charge in [-0.1, -0.05) is 39.0 Å². The number of fused-ring (bicyclic) bond motifs is 2. The quantitative estimate of drug-likeness (QED) is 0.382. The number of likely N-dealkylation sites (tertiary alicyclic amines) is 1. The van der Waals surface area contributed by atoms with Crippen molar-refractivity contribution in [3.63, 3.8) is 0 Å². The molecule has 4 aliphatic rings. The lowest BCUT2D eigenvalue weighted by Gasteiger charge is -2.44. The summed E-state index contributed by atoms with van der Waals surface area (Å²) in [4.78, 5) is 27.9. The van der Waals surface area contributed by atoms with Crippen LogP contribution in [0.25, 0.3) is 0 Å². The number of amides is 2. The molecule has 9 heteroatoms. The third-order valence-corrected chi connectivity index (χ3v) is 10.1. The Hall–Kier alpha value is -2.29. The largest absolute Gasteiger partial charge is 0.477 e. The van der Waals surface area contributed by atoms with E-state index in [9.17, 15) is 9.59 Å². The Morgan fingerprint density at radius 3 is 2.50 bits per heavy atom. The summed E-state index contributed by atoms with van der Waals surface area (Å²) in [5.41, 5.74) is 0.0948. The molecule has 2 heterocycles. The minimum absolute atomic E-state index is 0.0387. The zero-order valence-corrected chi connectivity index (χ0v) is 26.5. The van der Waals surface area contributed by atoms with Crippen LogP contribution >= 0.6 is 0 Å². The van der Waals surface area contributed by atoms with Crippen LogP contribution in [0.1, 0.15) is 115 Å². The van der Waals surface area contributed by atoms with Crippen LogP contribution in [0.3, 0.4) is 0 Å². The van der Waals surface area contributed by atoms with Crippen molar-refractivity contribution in [2.45, 2.75) is 129 Å². The first kappa shape index (κ1) is 31.1. The lowest BCUT2D eigenvalue weighted by Crippen LogP contribution is -2.49. The first-order valence-corrected chi connectivity index (χ1v) is 16.9. The van der Waals surface area contributed by atoms with Crippen LogP contribution in [0, 0.1) is 23.7 Å². The molecule has 1 saturated heterocycles. The Morgan fingerprint density at radius 1 is 1.00 bits per heavy atom. The second-order valence-corrected chi connectivity index (χ2v) is 14.6. The summed E-state index contributed by atoms with van der Waals surface area (Å²) in [6.07, 6.45) is 15.8. The van der Waals surface area contributed by atoms with Gasteiger partial charge in [0.2, 0.25) is 5.88 Å². The van der Waals surface area contributed by atoms with E-state index in [1.54, 1.807) is 11.1 Å². The second-order valence-electron chi connectivity index (χ2n) is 14.6. The van der Waals surface area contributed by atoms with E-state index in [4.69, 9.17) is 9.47 Å². The molecule has 236 valence electrons. The van der Waals surface area contributed by atoms with Gasteiger partial charge in [-0.15, -0.1) is 0 Å². The van der Waals surface area contributed by atoms with E-state index in [-0.39, 0.29) is 18.0 Å². The van der Waals surface area contributed by atoms with Crippen molar-refractivity contribution in [3.8, 4) is 5.88 Å². The minimum Gasteiger partial charge on any atom is -0.477 e. The molecule has 0 radical (unpaired) electrons. The van der Waals surface area contributed by atoms with Gasteiger partial charge in [0.1, 0.15) is 11.2 Å². The van der Waals surface area contributed by atoms with E-state index in [0.717, 1.165) is 25.3 Å². The molecule has 3 aliphatic carbocycles. The molecule has 5 rings (SSSR count). The van der Waals surface area contributed by atoms with Gasteiger partial charge < -0.3 is 25.0 Å². The van der Waals surface area contributed by atoms with Crippen molar-refractivity contribution in [1.29, 1.82) is 0 Å². The minimum atomic E-state index is -0.476. The van der Waals surface area contributed by atoms with Gasteiger partial charge in [0, 0.05) is 31.7 Å². The standard InChI is InChI=1S/C33H55N5O4/c1-23-19-25-11-8-12-26(20-25)29(23)36-30(39)28-21-35-38(31(28)41-22-24-9-6-5-7-10-24)18-15-34-27-13-16-37(17-14-27)32(40)42-33(2,3)4/h21,23-27,29,34H,5-20,22H2,1-4H3,(H,36,39). The molecular weight excluding hydrogens is 530 g/mol. The van der Waals surface area contributed by atoms with Crippen molar-refractivity contribution in [2.24, 2.45) is 23.7 Å². The molecule has 9 nitrogen and oxygen atoms in total. The van der Waals surface area contributed by atoms with E-state index in [1.807, 2.05) is 25.5 Å². The highest BCUT2D eigenvalue weighted by Crippen LogP contribution is 2.42. The third kappa shape index (κ3) is 8.20. The van der Waals surface area contributed by atoms with E-state index < -0.39 is 5.60 Å². The van der Waals surface area contributed by atoms with E-state index in [0.29, 0.717) is 61.5 Å². The van der Waals surface area contributed by atoms with Gasteiger partial charge >= 0.3 is 6.09 Å². The molecule has 1 aromatic heterocycles. The van der Waals surface area contributed by atoms with Crippen molar-refractivity contribution in [3.05, 3.63) is 11.8 Å². The normalized spacial score (nSPS) is 27.5. The number of aromatic nitrogens is 2. The van der Waals surface area contributed by atoms with Crippen molar-refractivity contribution in [2.75, 3.05) is 26.2 Å². The lowest BCUT2D eigenvalue weighted by atomic mass is 9.65. The molecule has 4 fully saturated rings. The molecule has 1 aromatic rings. The van der Waals surface area contributed by atoms with Crippen LogP contribution in [0.4, 0.5) is 4.79 Å². The Morgan fingerprint density at radius 2 is 1.76 bits per heavy atom. The van der Waals surface area contributed by atoms with Crippen molar-refractivity contribution in [1.82, 2.24) is 25.3 Å². The molecular formula is C33H55N5O4. The number of nitrogens with one attached hydrogen (secondary N) is 2. The van der Waals surface area contributed by atoms with Gasteiger partial charge in [-0.25, -0.2) is 9.48 Å². The fraction of sp³-hybridized carbons (Fsp3) is 0.848. The molecule has 4 atom stereocenters. The first-order valence-electron chi connectivity index (χ1n) is 16.9. The molecule has 2 amide bonds. The molecule has 1 aliphatic heterocycles. The summed E-state index contributed by atoms with van der Waals surface area (Å²) in [6, 6.07) is 0.567. The Balaban J connectivity index is 1.17. The number of hydrogen-bond acceptors (Lipinski definition) is 6. The summed E-state index contributed by atoms with van der Waals surface area (Å²) < 4.78 is 13.9. The lowest BCUT2D eigenvalue weighted by molar-refractivity contribution is 0.0198. The maximum atomic E-state index is 13.7. The van der Waals surface area contributed by atoms with Crippen LogP contribution in [0.2, 0.25) is 0 Å². The maximum absolute atomic E-state index is 13.7. The highest BCUT2D eigenvalue weighted by molar-refractivity contribution is 5.96. The fourth-order valence-corrected chi connectivity index (χ4v) is 7.86. The Bertz CT molecular complexity index is 1040. The van der Waals surface area contributed by atoms with Gasteiger partial charge in [0.05, 0.1) is 19.3 Å². The Kier molecular flexibility index (Phi) is 10.4. The van der Waals surface area contributed by atoms with Gasteiger partial charge in [-0.05, 0) is 89.4 Å². The molecule has 42 heavy (non-hydrogen) atoms. The number of carbonyl (C=O) groups excluding carboxylic acids is 2. The molecule has 4 unspecified atom stereocenters. The SMILES string of the molecule is CC1CC2CCCC(C2)C1NC(=O)c1cnn(CCNC2CCN(C(=O)OC(C)(C)C)CC2)c1OCC1CCCCC1. The molecule has 2 N–H and O–H groups in total. The number of carbonyl (C=O) groups is 2. The third-order valence-electron chi connectivity index (χ3n) is 10.1. The number of piperidine rings is 1. The molecule has 2 bridgehead atoms. The molecule has 3 saturated carbocycles. The molecule has 0 aromatic carbocycles. The van der Waals surface area contributed by atoms with E-state index >= 15 is 0 Å². The van der Waals surface area contributed by atoms with Gasteiger partial charge in [-0.2, -0.15) is 5.10 Å². The van der Waals surface area contributed by atoms with Crippen LogP contribution < -0.4 is 15.4 Å². The fourth-order valence-electron chi connectivity index (χ4n) is 7.86. The topological polar surface area (TPSA) is 97.7 Å². The van der Waals surface area contributed by atoms with Gasteiger partial charge in [0.15, 0.2) is 0 Å². The number of hydrogen-bond donors (Lipinski definition) is 2. The number of ether oxygens (including phenoxy) is 2. The van der Waals surface area contributed by atoms with Crippen LogP contribution in [-0.4, -0.2) is 70.6 Å². The highest BCUT2D eigenvalue weighted by atomic mass is 16.6. The predicted octanol–water partition coefficient (Wildman–Crippen LogP) is 5.78. The maximum Gasteiger partial charge on any atom is 0.410 e. The molecule has 0 spiro atoms. The van der Waals surface area contributed by atoms with E-state index in [2.05, 4.69) is 22.7 Å². The first-order chi connectivity index (χ1) is 20.2. The average Bonchev–Trinajstić information content (AvgIpc) is 3.37. The van der Waals surface area contributed by atoms with Crippen LogP contribution in [0.15, 0.2) is 6.20 Å². The van der Waals surface area contributed by atoms with Gasteiger partial charge in [0.25, 0.3) is 5.91 Å². The van der Waals surface area contributed by atoms with E-state index in [1.165, 1.54) is 64.2 Å². The zero-order valence-electron chi connectivity index (χ0n) is 26.5. The summed E-state index contributed by atoms with van der Waals surface area (Å²) >= 11 is 0. The number of rotatable bonds is 9. The summed E-state index contributed by atoms with van der Waals surface area (Å²) in [5, 5.41) is 11.7. The predicted molar refractivity (Wildman–Crippen MR) is 164 cm³/mol. The van der Waals surface area contributed by atoms with Crippen molar-refractivity contribution < 1.29 is 19.1 Å². The highest BCUT2D eigenvalue weighted by Gasteiger charge is 2.39. The summed E-state index contributed by atoms with van der Waals surface area (Å²) in [7, 11) is 0. The van der Waals surface area contributed by atoms with Crippen LogP contribution in [-0.2, 0) is 11.3 Å². The monoisotopic (exact) mass is 585 g/mol. The second kappa shape index (κ2) is 14.0. The Labute approximate surface area is 252 Å². The summed E-state index contributed by atoms with van der Waals surface area (Å²) in [5.74, 6) is 3.05. The number of nitrogens with zero attached hydrogens (tertiary/aromatic N) is 3. The zero-order chi connectivity index (χ0) is 29.7. The van der Waals surface area contributed by atoms with Crippen LogP contribution in [0.5, 0.6) is 5.88 Å². The average molecular weight is 586 g/mol. The van der Waals surface area contributed by atoms with Crippen molar-refractivity contribution >= 4 is 12.0 Å². The smallest absolute Gasteiger partial charge is 0.410 e. The van der Waals surface area contributed by atoms with Gasteiger partial charge in [-0.3, -0.25) is 4.79 Å².